The van der Waals surface area contributed by atoms with Crippen LogP contribution in [0.5, 0.6) is 0 Å². The van der Waals surface area contributed by atoms with Gasteiger partial charge in [-0.1, -0.05) is 13.8 Å². The second-order valence-corrected chi connectivity index (χ2v) is 11.5. The summed E-state index contributed by atoms with van der Waals surface area (Å²) >= 11 is 0. The molecule has 184 valence electrons. The van der Waals surface area contributed by atoms with Crippen LogP contribution in [0.3, 0.4) is 0 Å². The lowest BCUT2D eigenvalue weighted by atomic mass is 9.42. The fraction of sp³-hybridized carbons (Fsp3) is 0.692. The molecule has 34 heavy (non-hydrogen) atoms. The molecule has 1 aromatic heterocycles. The molecular formula is C26H32O8. The lowest BCUT2D eigenvalue weighted by molar-refractivity contribution is -0.285. The van der Waals surface area contributed by atoms with Gasteiger partial charge < -0.3 is 29.2 Å². The Kier molecular flexibility index (Phi) is 4.50. The predicted octanol–water partition coefficient (Wildman–Crippen LogP) is 1.81. The number of carbonyl (C=O) groups is 1. The second kappa shape index (κ2) is 6.81. The van der Waals surface area contributed by atoms with Gasteiger partial charge in [0.1, 0.15) is 23.9 Å². The van der Waals surface area contributed by atoms with Gasteiger partial charge in [0, 0.05) is 36.2 Å². The van der Waals surface area contributed by atoms with E-state index in [0.717, 1.165) is 11.1 Å². The molecule has 1 aromatic rings. The number of rotatable bonds is 2. The lowest BCUT2D eigenvalue weighted by Crippen LogP contribution is -2.74. The average Bonchev–Trinajstić information content (AvgIpc) is 3.53. The smallest absolute Gasteiger partial charge is 0.335 e. The van der Waals surface area contributed by atoms with Crippen molar-refractivity contribution in [2.24, 2.45) is 16.7 Å². The Hall–Kier alpha value is -2.00. The molecule has 0 aromatic carbocycles. The van der Waals surface area contributed by atoms with E-state index in [-0.39, 0.29) is 30.5 Å². The van der Waals surface area contributed by atoms with Gasteiger partial charge in [0.05, 0.1) is 18.0 Å². The monoisotopic (exact) mass is 472 g/mol. The number of ether oxygens (including phenoxy) is 2. The minimum absolute atomic E-state index is 0.0610. The minimum Gasteiger partial charge on any atom is -0.458 e. The molecular weight excluding hydrogens is 440 g/mol. The Bertz CT molecular complexity index is 1120. The van der Waals surface area contributed by atoms with Crippen molar-refractivity contribution in [3.8, 4) is 0 Å². The molecule has 8 nitrogen and oxygen atoms in total. The molecule has 3 N–H and O–H groups in total. The van der Waals surface area contributed by atoms with E-state index in [1.165, 1.54) is 19.3 Å². The van der Waals surface area contributed by atoms with Crippen LogP contribution >= 0.6 is 0 Å². The van der Waals surface area contributed by atoms with Crippen LogP contribution in [-0.4, -0.2) is 56.9 Å². The van der Waals surface area contributed by atoms with Crippen molar-refractivity contribution in [2.45, 2.75) is 94.4 Å². The third-order valence-corrected chi connectivity index (χ3v) is 10.2. The van der Waals surface area contributed by atoms with Crippen LogP contribution in [0.4, 0.5) is 0 Å². The first-order valence-electron chi connectivity index (χ1n) is 12.2. The Balaban J connectivity index is 1.46. The molecule has 0 amide bonds. The molecule has 2 heterocycles. The van der Waals surface area contributed by atoms with Gasteiger partial charge in [0.2, 0.25) is 0 Å². The largest absolute Gasteiger partial charge is 0.458 e. The van der Waals surface area contributed by atoms with Crippen molar-refractivity contribution >= 4 is 5.97 Å². The molecule has 5 aliphatic rings. The van der Waals surface area contributed by atoms with Crippen molar-refractivity contribution in [3.63, 3.8) is 0 Å². The Labute approximate surface area is 197 Å². The Morgan fingerprint density at radius 2 is 1.94 bits per heavy atom. The first-order chi connectivity index (χ1) is 16.0. The molecule has 8 heteroatoms. The van der Waals surface area contributed by atoms with Crippen LogP contribution in [0.15, 0.2) is 39.3 Å². The summed E-state index contributed by atoms with van der Waals surface area (Å²) in [4.78, 5) is 23.6. The molecule has 0 spiro atoms. The highest BCUT2D eigenvalue weighted by Crippen LogP contribution is 2.73. The summed E-state index contributed by atoms with van der Waals surface area (Å²) in [6.07, 6.45) is 3.40. The quantitative estimate of drug-likeness (QED) is 0.338. The number of hydrogen-bond donors (Lipinski definition) is 3. The number of epoxide rings is 1. The van der Waals surface area contributed by atoms with E-state index in [0.29, 0.717) is 25.7 Å². The summed E-state index contributed by atoms with van der Waals surface area (Å²) in [6, 6.07) is 3.14. The molecule has 1 aliphatic heterocycles. The van der Waals surface area contributed by atoms with E-state index in [4.69, 9.17) is 13.9 Å². The second-order valence-electron chi connectivity index (χ2n) is 11.5. The zero-order valence-electron chi connectivity index (χ0n) is 19.7. The molecule has 0 bridgehead atoms. The fourth-order valence-electron chi connectivity index (χ4n) is 8.56. The fourth-order valence-corrected chi connectivity index (χ4v) is 8.56. The molecule has 4 aliphatic carbocycles. The first-order valence-corrected chi connectivity index (χ1v) is 12.2. The van der Waals surface area contributed by atoms with Crippen molar-refractivity contribution < 1.29 is 34.0 Å². The summed E-state index contributed by atoms with van der Waals surface area (Å²) < 4.78 is 16.7. The Morgan fingerprint density at radius 3 is 2.62 bits per heavy atom. The number of esters is 1. The highest BCUT2D eigenvalue weighted by Gasteiger charge is 2.78. The van der Waals surface area contributed by atoms with Crippen LogP contribution in [0, 0.1) is 16.7 Å². The minimum atomic E-state index is -1.53. The van der Waals surface area contributed by atoms with Gasteiger partial charge in [0.15, 0.2) is 0 Å². The number of fused-ring (bicyclic) bond motifs is 7. The van der Waals surface area contributed by atoms with Gasteiger partial charge >= 0.3 is 11.6 Å². The van der Waals surface area contributed by atoms with Gasteiger partial charge in [-0.3, -0.25) is 4.79 Å². The lowest BCUT2D eigenvalue weighted by Gasteiger charge is -2.66. The van der Waals surface area contributed by atoms with Gasteiger partial charge in [-0.2, -0.15) is 0 Å². The molecule has 0 radical (unpaired) electrons. The normalized spacial score (nSPS) is 50.8. The van der Waals surface area contributed by atoms with Crippen LogP contribution in [0.2, 0.25) is 0 Å². The predicted molar refractivity (Wildman–Crippen MR) is 119 cm³/mol. The van der Waals surface area contributed by atoms with Gasteiger partial charge in [-0.15, -0.1) is 0 Å². The maximum atomic E-state index is 12.5. The van der Waals surface area contributed by atoms with Crippen LogP contribution in [-0.2, 0) is 14.3 Å². The van der Waals surface area contributed by atoms with Crippen molar-refractivity contribution in [1.82, 2.24) is 0 Å². The van der Waals surface area contributed by atoms with E-state index < -0.39 is 45.8 Å². The van der Waals surface area contributed by atoms with Crippen LogP contribution < -0.4 is 5.63 Å². The molecule has 3 saturated carbocycles. The van der Waals surface area contributed by atoms with Gasteiger partial charge in [0.25, 0.3) is 0 Å². The third kappa shape index (κ3) is 2.57. The standard InChI is InChI=1S/C26H32O8/c1-13(27)33-18-11-25(30)19(24(3)16(18)10-17(28)21-22(24)34-21)7-8-23(2)15(6-9-26(23,25)31)14-4-5-20(29)32-12-14/h4-5,10,12,15,17-19,21-22,28,30-31H,6-9,11H2,1-3H3/t15-,17+,18+,19-,21-,22-,23+,24-,25-,26+/m0/s1. The number of hydrogen-bond acceptors (Lipinski definition) is 8. The topological polar surface area (TPSA) is 130 Å². The average molecular weight is 473 g/mol. The van der Waals surface area contributed by atoms with E-state index in [1.807, 2.05) is 13.8 Å². The zero-order chi connectivity index (χ0) is 24.3. The summed E-state index contributed by atoms with van der Waals surface area (Å²) in [5.41, 5.74) is -3.13. The highest BCUT2D eigenvalue weighted by atomic mass is 16.6. The third-order valence-electron chi connectivity index (χ3n) is 10.2. The summed E-state index contributed by atoms with van der Waals surface area (Å²) in [5, 5.41) is 35.5. The maximum Gasteiger partial charge on any atom is 0.335 e. The highest BCUT2D eigenvalue weighted by molar-refractivity contribution is 5.67. The molecule has 1 saturated heterocycles. The Morgan fingerprint density at radius 1 is 1.18 bits per heavy atom. The first kappa shape index (κ1) is 22.5. The molecule has 10 atom stereocenters. The van der Waals surface area contributed by atoms with E-state index >= 15 is 0 Å². The number of carbonyl (C=O) groups excluding carboxylic acids is 1. The van der Waals surface area contributed by atoms with E-state index in [1.54, 1.807) is 12.1 Å². The summed E-state index contributed by atoms with van der Waals surface area (Å²) in [7, 11) is 0. The zero-order valence-corrected chi connectivity index (χ0v) is 19.7. The summed E-state index contributed by atoms with van der Waals surface area (Å²) in [6.45, 7) is 5.36. The van der Waals surface area contributed by atoms with Gasteiger partial charge in [-0.05, 0) is 54.9 Å². The number of aliphatic hydroxyl groups is 3. The van der Waals surface area contributed by atoms with Crippen LogP contribution in [0.1, 0.15) is 64.4 Å². The molecule has 6 rings (SSSR count). The summed E-state index contributed by atoms with van der Waals surface area (Å²) in [5.74, 6) is -0.897. The van der Waals surface area contributed by atoms with Crippen molar-refractivity contribution in [2.75, 3.05) is 0 Å². The van der Waals surface area contributed by atoms with Gasteiger partial charge in [-0.25, -0.2) is 4.79 Å². The van der Waals surface area contributed by atoms with Crippen LogP contribution in [0.25, 0.3) is 0 Å². The van der Waals surface area contributed by atoms with E-state index in [9.17, 15) is 24.9 Å². The SMILES string of the molecule is CC(=O)O[C@@H]1C[C@]2(O)[C@@H](CC[C@]3(C)[C@H](c4ccc(=O)oc4)CC[C@@]32O)[C@]2(C)C1=C[C@@H](O)[C@@H]1O[C@@H]12. The van der Waals surface area contributed by atoms with Crippen molar-refractivity contribution in [3.05, 3.63) is 46.0 Å². The number of aliphatic hydroxyl groups excluding tert-OH is 1. The molecule has 0 unspecified atom stereocenters. The van der Waals surface area contributed by atoms with E-state index in [2.05, 4.69) is 0 Å². The molecule has 4 fully saturated rings. The maximum absolute atomic E-state index is 12.5. The van der Waals surface area contributed by atoms with Crippen molar-refractivity contribution in [1.29, 1.82) is 0 Å².